The summed E-state index contributed by atoms with van der Waals surface area (Å²) in [5.74, 6) is -0.0783. The van der Waals surface area contributed by atoms with Gasteiger partial charge in [-0.15, -0.1) is 0 Å². The smallest absolute Gasteiger partial charge is 0.320 e. The highest BCUT2D eigenvalue weighted by Crippen LogP contribution is 2.28. The van der Waals surface area contributed by atoms with Crippen LogP contribution in [0.2, 0.25) is 0 Å². The summed E-state index contributed by atoms with van der Waals surface area (Å²) in [5, 5.41) is 18.8. The third-order valence-electron chi connectivity index (χ3n) is 3.33. The van der Waals surface area contributed by atoms with E-state index in [-0.39, 0.29) is 22.7 Å². The van der Waals surface area contributed by atoms with Crippen LogP contribution in [0.25, 0.3) is 22.7 Å². The molecule has 0 unspecified atom stereocenters. The van der Waals surface area contributed by atoms with Crippen molar-refractivity contribution in [3.05, 3.63) is 59.9 Å². The van der Waals surface area contributed by atoms with Crippen molar-refractivity contribution in [1.29, 1.82) is 5.26 Å². The minimum absolute atomic E-state index is 0.00731. The maximum Gasteiger partial charge on any atom is 0.320 e. The molecule has 0 aliphatic carbocycles. The Hall–Kier alpha value is -3.20. The molecule has 1 N–H and O–H groups in total. The molecule has 0 aliphatic rings. The van der Waals surface area contributed by atoms with Crippen LogP contribution < -0.4 is 0 Å². The van der Waals surface area contributed by atoms with Gasteiger partial charge in [0, 0.05) is 0 Å². The van der Waals surface area contributed by atoms with Crippen molar-refractivity contribution in [2.45, 2.75) is 6.55 Å². The number of imidazole rings is 1. The molecule has 0 amide bonds. The molecule has 4 nitrogen and oxygen atoms in total. The number of hydrogen-bond donors (Lipinski definition) is 1. The number of fused-ring (bicyclic) bond motifs is 1. The number of benzene rings is 2. The van der Waals surface area contributed by atoms with Gasteiger partial charge in [0.2, 0.25) is 0 Å². The lowest BCUT2D eigenvalue weighted by Crippen LogP contribution is -2.03. The van der Waals surface area contributed by atoms with E-state index in [0.29, 0.717) is 11.1 Å². The van der Waals surface area contributed by atoms with Gasteiger partial charge in [-0.1, -0.05) is 24.3 Å². The zero-order chi connectivity index (χ0) is 16.4. The third kappa shape index (κ3) is 2.77. The van der Waals surface area contributed by atoms with E-state index in [1.54, 1.807) is 30.3 Å². The van der Waals surface area contributed by atoms with E-state index in [1.165, 1.54) is 24.3 Å². The first-order valence-electron chi connectivity index (χ1n) is 6.76. The van der Waals surface area contributed by atoms with Gasteiger partial charge >= 0.3 is 6.55 Å². The van der Waals surface area contributed by atoms with E-state index in [2.05, 4.69) is 4.98 Å². The Morgan fingerprint density at radius 2 is 2.00 bits per heavy atom. The lowest BCUT2D eigenvalue weighted by Gasteiger charge is -2.07. The molecule has 6 heteroatoms. The van der Waals surface area contributed by atoms with E-state index in [4.69, 9.17) is 0 Å². The molecular formula is C17H11F2N3O. The van der Waals surface area contributed by atoms with Crippen molar-refractivity contribution in [3.8, 4) is 11.8 Å². The second kappa shape index (κ2) is 5.89. The number of para-hydroxylation sites is 2. The maximum atomic E-state index is 13.4. The van der Waals surface area contributed by atoms with Gasteiger partial charge in [-0.05, 0) is 35.9 Å². The van der Waals surface area contributed by atoms with Gasteiger partial charge in [0.15, 0.2) is 5.82 Å². The van der Waals surface area contributed by atoms with E-state index < -0.39 is 6.55 Å². The van der Waals surface area contributed by atoms with Crippen LogP contribution in [0.15, 0.2) is 48.5 Å². The van der Waals surface area contributed by atoms with Gasteiger partial charge in [0.1, 0.15) is 11.8 Å². The predicted octanol–water partition coefficient (Wildman–Crippen LogP) is 4.20. The molecule has 0 spiro atoms. The van der Waals surface area contributed by atoms with Crippen LogP contribution >= 0.6 is 0 Å². The Morgan fingerprint density at radius 3 is 2.70 bits per heavy atom. The van der Waals surface area contributed by atoms with Gasteiger partial charge in [0.05, 0.1) is 16.6 Å². The van der Waals surface area contributed by atoms with E-state index in [9.17, 15) is 19.1 Å². The molecule has 0 fully saturated rings. The minimum Gasteiger partial charge on any atom is -0.508 e. The van der Waals surface area contributed by atoms with Crippen LogP contribution in [-0.2, 0) is 0 Å². The Bertz CT molecular complexity index is 938. The van der Waals surface area contributed by atoms with Crippen molar-refractivity contribution in [2.75, 3.05) is 0 Å². The molecule has 0 radical (unpaired) electrons. The number of rotatable bonds is 3. The third-order valence-corrected chi connectivity index (χ3v) is 3.33. The van der Waals surface area contributed by atoms with Gasteiger partial charge < -0.3 is 5.11 Å². The first kappa shape index (κ1) is 14.7. The number of aromatic hydroxyl groups is 1. The molecule has 0 saturated carbocycles. The first-order chi connectivity index (χ1) is 11.1. The number of alkyl halides is 2. The summed E-state index contributed by atoms with van der Waals surface area (Å²) in [5.41, 5.74) is 1.16. The largest absolute Gasteiger partial charge is 0.508 e. The summed E-state index contributed by atoms with van der Waals surface area (Å²) in [6.45, 7) is -2.82. The monoisotopic (exact) mass is 311 g/mol. The van der Waals surface area contributed by atoms with Crippen molar-refractivity contribution in [2.24, 2.45) is 0 Å². The van der Waals surface area contributed by atoms with E-state index in [0.717, 1.165) is 4.57 Å². The van der Waals surface area contributed by atoms with Gasteiger partial charge in [-0.2, -0.15) is 14.0 Å². The van der Waals surface area contributed by atoms with Crippen molar-refractivity contribution in [1.82, 2.24) is 9.55 Å². The average molecular weight is 311 g/mol. The fourth-order valence-electron chi connectivity index (χ4n) is 2.36. The molecule has 114 valence electrons. The number of aromatic nitrogens is 2. The van der Waals surface area contributed by atoms with Crippen LogP contribution in [-0.4, -0.2) is 14.7 Å². The Kier molecular flexibility index (Phi) is 3.77. The lowest BCUT2D eigenvalue weighted by molar-refractivity contribution is 0.0738. The fraction of sp³-hybridized carbons (Fsp3) is 0.0588. The summed E-state index contributed by atoms with van der Waals surface area (Å²) in [6.07, 6.45) is 1.42. The van der Waals surface area contributed by atoms with Crippen LogP contribution in [0.5, 0.6) is 5.75 Å². The standard InChI is InChI=1S/C17H11F2N3O/c18-17(19)22-15-7-2-1-6-14(15)21-16(22)12(10-20)8-11-4-3-5-13(23)9-11/h1-9,17,23H/b12-8-. The first-order valence-corrected chi connectivity index (χ1v) is 6.76. The molecule has 2 aromatic carbocycles. The number of nitriles is 1. The van der Waals surface area contributed by atoms with Gasteiger partial charge in [0.25, 0.3) is 0 Å². The molecule has 0 saturated heterocycles. The minimum atomic E-state index is -2.82. The second-order valence-corrected chi connectivity index (χ2v) is 4.84. The number of allylic oxidation sites excluding steroid dienone is 1. The summed E-state index contributed by atoms with van der Waals surface area (Å²) in [7, 11) is 0. The summed E-state index contributed by atoms with van der Waals surface area (Å²) in [4.78, 5) is 4.15. The summed E-state index contributed by atoms with van der Waals surface area (Å²) >= 11 is 0. The molecule has 0 aliphatic heterocycles. The SMILES string of the molecule is N#C/C(=C/c1cccc(O)c1)c1nc2ccccc2n1C(F)F. The molecule has 0 bridgehead atoms. The topological polar surface area (TPSA) is 61.8 Å². The molecular weight excluding hydrogens is 300 g/mol. The van der Waals surface area contributed by atoms with Crippen molar-refractivity contribution >= 4 is 22.7 Å². The molecule has 3 aromatic rings. The number of phenolic OH excluding ortho intramolecular Hbond substituents is 1. The van der Waals surface area contributed by atoms with E-state index >= 15 is 0 Å². The van der Waals surface area contributed by atoms with Crippen molar-refractivity contribution < 1.29 is 13.9 Å². The molecule has 0 atom stereocenters. The van der Waals surface area contributed by atoms with Crippen LogP contribution in [0, 0.1) is 11.3 Å². The average Bonchev–Trinajstić information content (AvgIpc) is 2.92. The quantitative estimate of drug-likeness (QED) is 0.737. The maximum absolute atomic E-state index is 13.4. The molecule has 1 heterocycles. The number of phenols is 1. The highest BCUT2D eigenvalue weighted by molar-refractivity contribution is 5.91. The van der Waals surface area contributed by atoms with Crippen molar-refractivity contribution in [3.63, 3.8) is 0 Å². The van der Waals surface area contributed by atoms with Crippen LogP contribution in [0.4, 0.5) is 8.78 Å². The zero-order valence-corrected chi connectivity index (χ0v) is 11.8. The van der Waals surface area contributed by atoms with Crippen LogP contribution in [0.3, 0.4) is 0 Å². The zero-order valence-electron chi connectivity index (χ0n) is 11.8. The molecule has 1 aromatic heterocycles. The Balaban J connectivity index is 2.21. The molecule has 3 rings (SSSR count). The second-order valence-electron chi connectivity index (χ2n) is 4.84. The Labute approximate surface area is 130 Å². The predicted molar refractivity (Wildman–Crippen MR) is 82.6 cm³/mol. The lowest BCUT2D eigenvalue weighted by atomic mass is 10.1. The van der Waals surface area contributed by atoms with Gasteiger partial charge in [-0.3, -0.25) is 4.57 Å². The van der Waals surface area contributed by atoms with Gasteiger partial charge in [-0.25, -0.2) is 4.98 Å². The summed E-state index contributed by atoms with van der Waals surface area (Å²) < 4.78 is 27.6. The highest BCUT2D eigenvalue weighted by Gasteiger charge is 2.20. The normalized spacial score (nSPS) is 11.8. The highest BCUT2D eigenvalue weighted by atomic mass is 19.3. The van der Waals surface area contributed by atoms with E-state index in [1.807, 2.05) is 6.07 Å². The molecule has 23 heavy (non-hydrogen) atoms. The summed E-state index contributed by atoms with van der Waals surface area (Å²) in [6, 6.07) is 14.6. The number of hydrogen-bond acceptors (Lipinski definition) is 3. The number of halogens is 2. The number of nitrogens with zero attached hydrogens (tertiary/aromatic N) is 3. The fourth-order valence-corrected chi connectivity index (χ4v) is 2.36. The van der Waals surface area contributed by atoms with Crippen LogP contribution in [0.1, 0.15) is 17.9 Å². The Morgan fingerprint density at radius 1 is 1.22 bits per heavy atom.